The van der Waals surface area contributed by atoms with Crippen LogP contribution < -0.4 is 15.4 Å². The molecule has 1 saturated carbocycles. The first-order valence-electron chi connectivity index (χ1n) is 9.75. The third kappa shape index (κ3) is 5.32. The molecule has 0 spiro atoms. The minimum atomic E-state index is -0.152. The minimum absolute atomic E-state index is 0.0792. The molecule has 2 amide bonds. The average Bonchev–Trinajstić information content (AvgIpc) is 3.16. The summed E-state index contributed by atoms with van der Waals surface area (Å²) in [7, 11) is 1.63. The van der Waals surface area contributed by atoms with Gasteiger partial charge in [-0.25, -0.2) is 4.98 Å². The summed E-state index contributed by atoms with van der Waals surface area (Å²) >= 11 is 1.37. The fourth-order valence-electron chi connectivity index (χ4n) is 3.47. The molecule has 0 radical (unpaired) electrons. The number of aromatic nitrogens is 1. The third-order valence-corrected chi connectivity index (χ3v) is 5.77. The molecule has 28 heavy (non-hydrogen) atoms. The van der Waals surface area contributed by atoms with Gasteiger partial charge in [0.05, 0.1) is 12.8 Å². The van der Waals surface area contributed by atoms with Gasteiger partial charge < -0.3 is 15.4 Å². The van der Waals surface area contributed by atoms with Crippen LogP contribution in [0.2, 0.25) is 0 Å². The molecule has 1 fully saturated rings. The number of nitrogens with zero attached hydrogens (tertiary/aromatic N) is 1. The van der Waals surface area contributed by atoms with E-state index in [-0.39, 0.29) is 24.2 Å². The van der Waals surface area contributed by atoms with E-state index in [9.17, 15) is 9.59 Å². The summed E-state index contributed by atoms with van der Waals surface area (Å²) in [5.74, 6) is 0.790. The number of hydrogen-bond donors (Lipinski definition) is 2. The van der Waals surface area contributed by atoms with Gasteiger partial charge in [0.15, 0.2) is 5.13 Å². The Morgan fingerprint density at radius 1 is 1.25 bits per heavy atom. The van der Waals surface area contributed by atoms with Gasteiger partial charge >= 0.3 is 0 Å². The smallest absolute Gasteiger partial charge is 0.227 e. The van der Waals surface area contributed by atoms with E-state index in [1.165, 1.54) is 17.8 Å². The van der Waals surface area contributed by atoms with Crippen molar-refractivity contribution in [2.24, 2.45) is 5.92 Å². The summed E-state index contributed by atoms with van der Waals surface area (Å²) in [6.07, 6.45) is 5.62. The van der Waals surface area contributed by atoms with E-state index in [0.29, 0.717) is 11.7 Å². The maximum atomic E-state index is 12.2. The zero-order valence-electron chi connectivity index (χ0n) is 16.4. The molecular formula is C21H27N3O3S. The largest absolute Gasteiger partial charge is 0.496 e. The quantitative estimate of drug-likeness (QED) is 0.730. The molecule has 1 aliphatic carbocycles. The van der Waals surface area contributed by atoms with Gasteiger partial charge in [-0.1, -0.05) is 30.9 Å². The highest BCUT2D eigenvalue weighted by atomic mass is 32.1. The summed E-state index contributed by atoms with van der Waals surface area (Å²) < 4.78 is 5.41. The second-order valence-electron chi connectivity index (χ2n) is 7.17. The summed E-state index contributed by atoms with van der Waals surface area (Å²) in [5, 5.41) is 8.15. The molecule has 2 aromatic rings. The number of amides is 2. The number of ether oxygens (including phenoxy) is 1. The standard InChI is InChI=1S/C21H27N3O3S/c1-14-8-9-18(27-2)16(12-14)17-13-28-21(23-17)24-19(25)10-11-22-20(26)15-6-4-3-5-7-15/h8-9,12-13,15H,3-7,10-11H2,1-2H3,(H,22,26)(H,23,24,25). The number of benzene rings is 1. The number of hydrogen-bond acceptors (Lipinski definition) is 5. The van der Waals surface area contributed by atoms with Gasteiger partial charge in [-0.15, -0.1) is 11.3 Å². The summed E-state index contributed by atoms with van der Waals surface area (Å²) in [6, 6.07) is 5.91. The first-order valence-corrected chi connectivity index (χ1v) is 10.6. The van der Waals surface area contributed by atoms with E-state index < -0.39 is 0 Å². The van der Waals surface area contributed by atoms with Crippen molar-refractivity contribution >= 4 is 28.3 Å². The Kier molecular flexibility index (Phi) is 7.03. The van der Waals surface area contributed by atoms with Crippen molar-refractivity contribution in [3.05, 3.63) is 29.1 Å². The van der Waals surface area contributed by atoms with E-state index in [4.69, 9.17) is 4.74 Å². The van der Waals surface area contributed by atoms with Crippen LogP contribution >= 0.6 is 11.3 Å². The van der Waals surface area contributed by atoms with Crippen LogP contribution in [0, 0.1) is 12.8 Å². The van der Waals surface area contributed by atoms with E-state index in [1.807, 2.05) is 30.5 Å². The van der Waals surface area contributed by atoms with Crippen molar-refractivity contribution in [2.75, 3.05) is 19.0 Å². The molecule has 1 aromatic heterocycles. The fourth-order valence-corrected chi connectivity index (χ4v) is 4.19. The predicted octanol–water partition coefficient (Wildman–Crippen LogP) is 4.15. The number of thiazole rings is 1. The van der Waals surface area contributed by atoms with Crippen LogP contribution in [0.15, 0.2) is 23.6 Å². The first-order chi connectivity index (χ1) is 13.6. The van der Waals surface area contributed by atoms with E-state index in [0.717, 1.165) is 48.3 Å². The lowest BCUT2D eigenvalue weighted by Crippen LogP contribution is -2.34. The minimum Gasteiger partial charge on any atom is -0.496 e. The normalized spacial score (nSPS) is 14.5. The molecule has 1 aliphatic rings. The average molecular weight is 402 g/mol. The second kappa shape index (κ2) is 9.68. The van der Waals surface area contributed by atoms with E-state index in [2.05, 4.69) is 15.6 Å². The second-order valence-corrected chi connectivity index (χ2v) is 8.02. The molecule has 3 rings (SSSR count). The number of anilines is 1. The first kappa shape index (κ1) is 20.3. The van der Waals surface area contributed by atoms with E-state index in [1.54, 1.807) is 7.11 Å². The van der Waals surface area contributed by atoms with Gasteiger partial charge in [0.2, 0.25) is 11.8 Å². The maximum Gasteiger partial charge on any atom is 0.227 e. The van der Waals surface area contributed by atoms with Gasteiger partial charge in [0.25, 0.3) is 0 Å². The molecule has 0 bridgehead atoms. The van der Waals surface area contributed by atoms with Crippen molar-refractivity contribution in [2.45, 2.75) is 45.4 Å². The Balaban J connectivity index is 1.50. The lowest BCUT2D eigenvalue weighted by molar-refractivity contribution is -0.126. The van der Waals surface area contributed by atoms with Crippen LogP contribution in [0.3, 0.4) is 0 Å². The van der Waals surface area contributed by atoms with Crippen LogP contribution in [0.5, 0.6) is 5.75 Å². The zero-order chi connectivity index (χ0) is 19.9. The van der Waals surface area contributed by atoms with Crippen molar-refractivity contribution in [3.63, 3.8) is 0 Å². The molecule has 0 atom stereocenters. The highest BCUT2D eigenvalue weighted by Crippen LogP contribution is 2.33. The Bertz CT molecular complexity index is 828. The molecule has 2 N–H and O–H groups in total. The molecule has 1 aromatic carbocycles. The number of carbonyl (C=O) groups excluding carboxylic acids is 2. The number of rotatable bonds is 7. The number of methoxy groups -OCH3 is 1. The number of carbonyl (C=O) groups is 2. The lowest BCUT2D eigenvalue weighted by Gasteiger charge is -2.20. The number of aryl methyl sites for hydroxylation is 1. The molecular weight excluding hydrogens is 374 g/mol. The fraction of sp³-hybridized carbons (Fsp3) is 0.476. The highest BCUT2D eigenvalue weighted by Gasteiger charge is 2.20. The van der Waals surface area contributed by atoms with Crippen molar-refractivity contribution in [3.8, 4) is 17.0 Å². The topological polar surface area (TPSA) is 80.3 Å². The van der Waals surface area contributed by atoms with Crippen LogP contribution in [-0.4, -0.2) is 30.5 Å². The van der Waals surface area contributed by atoms with Crippen LogP contribution in [-0.2, 0) is 9.59 Å². The van der Waals surface area contributed by atoms with Gasteiger partial charge in [-0.05, 0) is 31.9 Å². The van der Waals surface area contributed by atoms with Gasteiger partial charge in [-0.2, -0.15) is 0 Å². The van der Waals surface area contributed by atoms with Gasteiger partial charge in [-0.3, -0.25) is 9.59 Å². The maximum absolute atomic E-state index is 12.2. The SMILES string of the molecule is COc1ccc(C)cc1-c1csc(NC(=O)CCNC(=O)C2CCCCC2)n1. The molecule has 150 valence electrons. The predicted molar refractivity (Wildman–Crippen MR) is 112 cm³/mol. The van der Waals surface area contributed by atoms with E-state index >= 15 is 0 Å². The zero-order valence-corrected chi connectivity index (χ0v) is 17.2. The molecule has 0 saturated heterocycles. The summed E-state index contributed by atoms with van der Waals surface area (Å²) in [6.45, 7) is 2.37. The molecule has 7 heteroatoms. The van der Waals surface area contributed by atoms with Gasteiger partial charge in [0, 0.05) is 29.8 Å². The molecule has 0 aliphatic heterocycles. The molecule has 1 heterocycles. The molecule has 0 unspecified atom stereocenters. The Morgan fingerprint density at radius 3 is 2.79 bits per heavy atom. The van der Waals surface area contributed by atoms with Crippen LogP contribution in [0.1, 0.15) is 44.1 Å². The van der Waals surface area contributed by atoms with Crippen molar-refractivity contribution in [1.82, 2.24) is 10.3 Å². The third-order valence-electron chi connectivity index (χ3n) is 5.01. The van der Waals surface area contributed by atoms with Crippen molar-refractivity contribution in [1.29, 1.82) is 0 Å². The number of nitrogens with one attached hydrogen (secondary N) is 2. The Hall–Kier alpha value is -2.41. The van der Waals surface area contributed by atoms with Crippen LogP contribution in [0.25, 0.3) is 11.3 Å². The molecule has 6 nitrogen and oxygen atoms in total. The summed E-state index contributed by atoms with van der Waals surface area (Å²) in [5.41, 5.74) is 2.79. The van der Waals surface area contributed by atoms with Crippen LogP contribution in [0.4, 0.5) is 5.13 Å². The Labute approximate surface area is 169 Å². The highest BCUT2D eigenvalue weighted by molar-refractivity contribution is 7.14. The lowest BCUT2D eigenvalue weighted by atomic mass is 9.89. The monoisotopic (exact) mass is 401 g/mol. The van der Waals surface area contributed by atoms with Crippen molar-refractivity contribution < 1.29 is 14.3 Å². The Morgan fingerprint density at radius 2 is 2.04 bits per heavy atom. The van der Waals surface area contributed by atoms with Gasteiger partial charge in [0.1, 0.15) is 5.75 Å². The summed E-state index contributed by atoms with van der Waals surface area (Å²) in [4.78, 5) is 28.8.